The van der Waals surface area contributed by atoms with E-state index in [1.165, 1.54) is 11.3 Å². The van der Waals surface area contributed by atoms with Crippen LogP contribution in [0.15, 0.2) is 24.3 Å². The highest BCUT2D eigenvalue weighted by atomic mass is 32.1. The number of halogens is 3. The summed E-state index contributed by atoms with van der Waals surface area (Å²) in [5.41, 5.74) is 0.724. The van der Waals surface area contributed by atoms with Crippen molar-refractivity contribution in [1.82, 2.24) is 20.2 Å². The molecule has 0 bridgehead atoms. The fourth-order valence-electron chi connectivity index (χ4n) is 1.46. The van der Waals surface area contributed by atoms with Crippen molar-refractivity contribution in [1.29, 1.82) is 0 Å². The standard InChI is InChI=1S/C10H5F3N4S/c11-10(12,13)9-15-7(16-17-9)8-14-5-3-1-2-4-6(5)18-8/h1-4H,(H,15,16,17). The Kier molecular flexibility index (Phi) is 2.34. The minimum atomic E-state index is -4.55. The van der Waals surface area contributed by atoms with Crippen molar-refractivity contribution in [2.24, 2.45) is 0 Å². The molecule has 92 valence electrons. The first-order valence-corrected chi connectivity index (χ1v) is 5.71. The van der Waals surface area contributed by atoms with Gasteiger partial charge in [0.05, 0.1) is 10.2 Å². The molecule has 0 atom stereocenters. The number of alkyl halides is 3. The monoisotopic (exact) mass is 270 g/mol. The van der Waals surface area contributed by atoms with E-state index in [4.69, 9.17) is 0 Å². The number of thiazole rings is 1. The van der Waals surface area contributed by atoms with Gasteiger partial charge in [-0.05, 0) is 12.1 Å². The average Bonchev–Trinajstić information content (AvgIpc) is 2.94. The van der Waals surface area contributed by atoms with Crippen LogP contribution in [0, 0.1) is 0 Å². The van der Waals surface area contributed by atoms with E-state index in [-0.39, 0.29) is 5.82 Å². The fraction of sp³-hybridized carbons (Fsp3) is 0.100. The number of rotatable bonds is 1. The molecule has 3 rings (SSSR count). The van der Waals surface area contributed by atoms with Gasteiger partial charge in [-0.25, -0.2) is 9.97 Å². The van der Waals surface area contributed by atoms with Crippen molar-refractivity contribution in [3.05, 3.63) is 30.1 Å². The Balaban J connectivity index is 2.06. The Morgan fingerprint density at radius 1 is 1.11 bits per heavy atom. The summed E-state index contributed by atoms with van der Waals surface area (Å²) in [5, 5.41) is 5.78. The number of benzene rings is 1. The fourth-order valence-corrected chi connectivity index (χ4v) is 2.36. The summed E-state index contributed by atoms with van der Waals surface area (Å²) in [4.78, 5) is 7.60. The van der Waals surface area contributed by atoms with Crippen molar-refractivity contribution in [3.8, 4) is 10.8 Å². The first-order chi connectivity index (χ1) is 8.54. The smallest absolute Gasteiger partial charge is 0.257 e. The van der Waals surface area contributed by atoms with Gasteiger partial charge in [-0.2, -0.15) is 13.2 Å². The number of aromatic amines is 1. The second kappa shape index (κ2) is 3.77. The van der Waals surface area contributed by atoms with E-state index in [0.29, 0.717) is 5.01 Å². The molecule has 1 aromatic carbocycles. The Hall–Kier alpha value is -1.96. The van der Waals surface area contributed by atoms with Gasteiger partial charge in [-0.15, -0.1) is 16.4 Å². The predicted octanol–water partition coefficient (Wildman–Crippen LogP) is 3.10. The summed E-state index contributed by atoms with van der Waals surface area (Å²) in [6.45, 7) is 0. The molecule has 3 aromatic rings. The van der Waals surface area contributed by atoms with Crippen LogP contribution in [0.4, 0.5) is 13.2 Å². The Morgan fingerprint density at radius 3 is 2.56 bits per heavy atom. The third kappa shape index (κ3) is 1.84. The predicted molar refractivity (Wildman–Crippen MR) is 60.0 cm³/mol. The molecule has 0 saturated heterocycles. The maximum Gasteiger partial charge on any atom is 0.453 e. The van der Waals surface area contributed by atoms with Gasteiger partial charge in [-0.1, -0.05) is 12.1 Å². The molecule has 8 heteroatoms. The molecule has 0 aliphatic heterocycles. The van der Waals surface area contributed by atoms with E-state index in [0.717, 1.165) is 10.2 Å². The summed E-state index contributed by atoms with van der Waals surface area (Å²) in [6.07, 6.45) is -4.55. The van der Waals surface area contributed by atoms with Gasteiger partial charge in [0.2, 0.25) is 0 Å². The largest absolute Gasteiger partial charge is 0.453 e. The van der Waals surface area contributed by atoms with E-state index in [2.05, 4.69) is 20.2 Å². The van der Waals surface area contributed by atoms with E-state index >= 15 is 0 Å². The van der Waals surface area contributed by atoms with Gasteiger partial charge in [0.15, 0.2) is 10.8 Å². The lowest BCUT2D eigenvalue weighted by Crippen LogP contribution is -2.07. The molecule has 0 unspecified atom stereocenters. The third-order valence-corrected chi connectivity index (χ3v) is 3.28. The second-order valence-electron chi connectivity index (χ2n) is 3.49. The van der Waals surface area contributed by atoms with Crippen LogP contribution in [-0.4, -0.2) is 20.2 Å². The van der Waals surface area contributed by atoms with Crippen LogP contribution < -0.4 is 0 Å². The van der Waals surface area contributed by atoms with Gasteiger partial charge in [0, 0.05) is 0 Å². The Morgan fingerprint density at radius 2 is 1.89 bits per heavy atom. The topological polar surface area (TPSA) is 54.5 Å². The minimum absolute atomic E-state index is 0.0310. The molecular weight excluding hydrogens is 265 g/mol. The van der Waals surface area contributed by atoms with Gasteiger partial charge in [0.1, 0.15) is 0 Å². The molecular formula is C10H5F3N4S. The third-order valence-electron chi connectivity index (χ3n) is 2.24. The van der Waals surface area contributed by atoms with Crippen molar-refractivity contribution in [2.45, 2.75) is 6.18 Å². The van der Waals surface area contributed by atoms with Gasteiger partial charge in [0.25, 0.3) is 5.82 Å². The average molecular weight is 270 g/mol. The molecule has 4 nitrogen and oxygen atoms in total. The number of aromatic nitrogens is 4. The van der Waals surface area contributed by atoms with Gasteiger partial charge in [-0.3, -0.25) is 5.10 Å². The van der Waals surface area contributed by atoms with Crippen LogP contribution >= 0.6 is 11.3 Å². The zero-order valence-corrected chi connectivity index (χ0v) is 9.51. The summed E-state index contributed by atoms with van der Waals surface area (Å²) in [7, 11) is 0. The number of para-hydroxylation sites is 1. The van der Waals surface area contributed by atoms with Crippen LogP contribution in [0.2, 0.25) is 0 Å². The molecule has 0 aliphatic rings. The number of nitrogens with zero attached hydrogens (tertiary/aromatic N) is 3. The molecule has 0 aliphatic carbocycles. The molecule has 1 N–H and O–H groups in total. The summed E-state index contributed by atoms with van der Waals surface area (Å²) < 4.78 is 38.0. The summed E-state index contributed by atoms with van der Waals surface area (Å²) >= 11 is 1.26. The molecule has 0 amide bonds. The number of nitrogens with one attached hydrogen (secondary N) is 1. The lowest BCUT2D eigenvalue weighted by atomic mass is 10.3. The van der Waals surface area contributed by atoms with Crippen molar-refractivity contribution in [3.63, 3.8) is 0 Å². The number of hydrogen-bond donors (Lipinski definition) is 1. The number of fused-ring (bicyclic) bond motifs is 1. The lowest BCUT2D eigenvalue weighted by Gasteiger charge is -1.96. The van der Waals surface area contributed by atoms with Crippen molar-refractivity contribution >= 4 is 21.6 Å². The van der Waals surface area contributed by atoms with Crippen LogP contribution in [0.3, 0.4) is 0 Å². The van der Waals surface area contributed by atoms with Gasteiger partial charge < -0.3 is 0 Å². The zero-order valence-electron chi connectivity index (χ0n) is 8.69. The first kappa shape index (κ1) is 11.1. The molecule has 0 fully saturated rings. The highest BCUT2D eigenvalue weighted by Gasteiger charge is 2.36. The van der Waals surface area contributed by atoms with E-state index in [1.54, 1.807) is 6.07 Å². The highest BCUT2D eigenvalue weighted by Crippen LogP contribution is 2.30. The molecule has 0 spiro atoms. The second-order valence-corrected chi connectivity index (χ2v) is 4.52. The summed E-state index contributed by atoms with van der Waals surface area (Å²) in [5.74, 6) is -1.15. The molecule has 0 saturated carbocycles. The van der Waals surface area contributed by atoms with Gasteiger partial charge >= 0.3 is 6.18 Å². The van der Waals surface area contributed by atoms with E-state index < -0.39 is 12.0 Å². The van der Waals surface area contributed by atoms with E-state index in [9.17, 15) is 13.2 Å². The summed E-state index contributed by atoms with van der Waals surface area (Å²) in [6, 6.07) is 7.28. The SMILES string of the molecule is FC(F)(F)c1n[nH]c(-c2nc3ccccc3s2)n1. The normalized spacial score (nSPS) is 12.2. The molecule has 2 heterocycles. The maximum atomic E-state index is 12.4. The number of hydrogen-bond acceptors (Lipinski definition) is 4. The van der Waals surface area contributed by atoms with Crippen LogP contribution in [-0.2, 0) is 6.18 Å². The zero-order chi connectivity index (χ0) is 12.8. The van der Waals surface area contributed by atoms with Crippen molar-refractivity contribution in [2.75, 3.05) is 0 Å². The molecule has 18 heavy (non-hydrogen) atoms. The van der Waals surface area contributed by atoms with Crippen LogP contribution in [0.1, 0.15) is 5.82 Å². The molecule has 0 radical (unpaired) electrons. The minimum Gasteiger partial charge on any atom is -0.257 e. The molecule has 2 aromatic heterocycles. The van der Waals surface area contributed by atoms with Crippen LogP contribution in [0.25, 0.3) is 21.0 Å². The van der Waals surface area contributed by atoms with Crippen molar-refractivity contribution < 1.29 is 13.2 Å². The van der Waals surface area contributed by atoms with Crippen LogP contribution in [0.5, 0.6) is 0 Å². The quantitative estimate of drug-likeness (QED) is 0.739. The Bertz CT molecular complexity index is 667. The lowest BCUT2D eigenvalue weighted by molar-refractivity contribution is -0.144. The number of H-pyrrole nitrogens is 1. The van der Waals surface area contributed by atoms with E-state index in [1.807, 2.05) is 18.2 Å². The Labute approximate surface area is 103 Å². The maximum absolute atomic E-state index is 12.4. The highest BCUT2D eigenvalue weighted by molar-refractivity contribution is 7.21. The first-order valence-electron chi connectivity index (χ1n) is 4.89.